The fraction of sp³-hybridized carbons (Fsp3) is 1.00. The predicted octanol–water partition coefficient (Wildman–Crippen LogP) is 2.37. The highest BCUT2D eigenvalue weighted by molar-refractivity contribution is 4.87. The minimum atomic E-state index is -2.36. The van der Waals surface area contributed by atoms with Crippen molar-refractivity contribution in [2.75, 3.05) is 32.8 Å². The van der Waals surface area contributed by atoms with Gasteiger partial charge in [-0.25, -0.2) is 8.78 Å². The number of nitrogens with zero attached hydrogens (tertiary/aromatic N) is 1. The standard InChI is InChI=1S/C14H28F2N2O/c1-4-5-12-9-18(6-7-19-10-14(15)16)13(8-17-12)11(2)3/h11-14,17H,4-10H2,1-3H3. The quantitative estimate of drug-likeness (QED) is 0.690. The zero-order valence-electron chi connectivity index (χ0n) is 12.4. The molecule has 0 radical (unpaired) electrons. The molecular formula is C14H28F2N2O. The molecule has 1 saturated heterocycles. The van der Waals surface area contributed by atoms with E-state index in [1.165, 1.54) is 12.8 Å². The van der Waals surface area contributed by atoms with Crippen LogP contribution in [0.4, 0.5) is 8.78 Å². The van der Waals surface area contributed by atoms with Gasteiger partial charge in [-0.1, -0.05) is 27.2 Å². The van der Waals surface area contributed by atoms with Crippen molar-refractivity contribution in [3.05, 3.63) is 0 Å². The fourth-order valence-electron chi connectivity index (χ4n) is 2.71. The van der Waals surface area contributed by atoms with E-state index in [1.807, 2.05) is 0 Å². The lowest BCUT2D eigenvalue weighted by Crippen LogP contribution is -2.58. The molecule has 1 rings (SSSR count). The first kappa shape index (κ1) is 16.8. The molecule has 1 aliphatic rings. The van der Waals surface area contributed by atoms with Crippen molar-refractivity contribution in [2.45, 2.75) is 52.1 Å². The number of piperazine rings is 1. The molecule has 3 nitrogen and oxygen atoms in total. The summed E-state index contributed by atoms with van der Waals surface area (Å²) in [6.07, 6.45) is -0.0318. The monoisotopic (exact) mass is 278 g/mol. The SMILES string of the molecule is CCCC1CN(CCOCC(F)F)C(C(C)C)CN1. The van der Waals surface area contributed by atoms with Crippen LogP contribution < -0.4 is 5.32 Å². The Labute approximate surface area is 115 Å². The molecule has 0 aromatic carbocycles. The van der Waals surface area contributed by atoms with Crippen molar-refractivity contribution >= 4 is 0 Å². The fourth-order valence-corrected chi connectivity index (χ4v) is 2.71. The van der Waals surface area contributed by atoms with Crippen LogP contribution in [0.2, 0.25) is 0 Å². The van der Waals surface area contributed by atoms with E-state index in [4.69, 9.17) is 4.74 Å². The lowest BCUT2D eigenvalue weighted by atomic mass is 9.97. The van der Waals surface area contributed by atoms with Crippen molar-refractivity contribution in [1.29, 1.82) is 0 Å². The Morgan fingerprint density at radius 3 is 2.68 bits per heavy atom. The smallest absolute Gasteiger partial charge is 0.261 e. The van der Waals surface area contributed by atoms with Gasteiger partial charge in [-0.05, 0) is 12.3 Å². The molecule has 5 heteroatoms. The van der Waals surface area contributed by atoms with Crippen molar-refractivity contribution in [1.82, 2.24) is 10.2 Å². The van der Waals surface area contributed by atoms with E-state index < -0.39 is 13.0 Å². The molecule has 0 aliphatic carbocycles. The van der Waals surface area contributed by atoms with E-state index >= 15 is 0 Å². The van der Waals surface area contributed by atoms with Crippen LogP contribution in [0.5, 0.6) is 0 Å². The van der Waals surface area contributed by atoms with E-state index in [2.05, 4.69) is 31.0 Å². The molecule has 1 fully saturated rings. The van der Waals surface area contributed by atoms with Gasteiger partial charge in [-0.15, -0.1) is 0 Å². The number of alkyl halides is 2. The molecule has 0 bridgehead atoms. The molecule has 0 amide bonds. The molecule has 0 aromatic rings. The summed E-state index contributed by atoms with van der Waals surface area (Å²) in [7, 11) is 0. The van der Waals surface area contributed by atoms with Gasteiger partial charge in [0.25, 0.3) is 6.43 Å². The van der Waals surface area contributed by atoms with Gasteiger partial charge >= 0.3 is 0 Å². The predicted molar refractivity (Wildman–Crippen MR) is 73.7 cm³/mol. The molecular weight excluding hydrogens is 250 g/mol. The summed E-state index contributed by atoms with van der Waals surface area (Å²) in [6, 6.07) is 0.998. The van der Waals surface area contributed by atoms with Crippen molar-refractivity contribution in [3.8, 4) is 0 Å². The average Bonchev–Trinajstić information content (AvgIpc) is 2.34. The Hall–Kier alpha value is -0.260. The maximum atomic E-state index is 12.0. The van der Waals surface area contributed by atoms with Crippen molar-refractivity contribution < 1.29 is 13.5 Å². The van der Waals surface area contributed by atoms with Gasteiger partial charge in [-0.3, -0.25) is 4.90 Å². The maximum Gasteiger partial charge on any atom is 0.261 e. The molecule has 0 aromatic heterocycles. The summed E-state index contributed by atoms with van der Waals surface area (Å²) < 4.78 is 29.0. The van der Waals surface area contributed by atoms with Gasteiger partial charge in [0, 0.05) is 31.7 Å². The highest BCUT2D eigenvalue weighted by Crippen LogP contribution is 2.16. The third-order valence-corrected chi connectivity index (χ3v) is 3.71. The largest absolute Gasteiger partial charge is 0.374 e. The lowest BCUT2D eigenvalue weighted by Gasteiger charge is -2.42. The third-order valence-electron chi connectivity index (χ3n) is 3.71. The van der Waals surface area contributed by atoms with Crippen LogP contribution >= 0.6 is 0 Å². The van der Waals surface area contributed by atoms with E-state index in [0.29, 0.717) is 24.6 Å². The minimum absolute atomic E-state index is 0.395. The first-order valence-electron chi connectivity index (χ1n) is 7.37. The number of rotatable bonds is 8. The molecule has 1 heterocycles. The molecule has 0 spiro atoms. The molecule has 114 valence electrons. The Balaban J connectivity index is 2.38. The average molecular weight is 278 g/mol. The van der Waals surface area contributed by atoms with E-state index in [1.54, 1.807) is 0 Å². The molecule has 0 saturated carbocycles. The number of halogens is 2. The van der Waals surface area contributed by atoms with Gasteiger partial charge in [0.2, 0.25) is 0 Å². The third kappa shape index (κ3) is 6.15. The van der Waals surface area contributed by atoms with Crippen LogP contribution in [0.15, 0.2) is 0 Å². The zero-order chi connectivity index (χ0) is 14.3. The minimum Gasteiger partial charge on any atom is -0.374 e. The van der Waals surface area contributed by atoms with E-state index in [9.17, 15) is 8.78 Å². The highest BCUT2D eigenvalue weighted by atomic mass is 19.3. The van der Waals surface area contributed by atoms with Crippen molar-refractivity contribution in [2.24, 2.45) is 5.92 Å². The summed E-state index contributed by atoms with van der Waals surface area (Å²) in [5.74, 6) is 0.560. The second-order valence-electron chi connectivity index (χ2n) is 5.67. The summed E-state index contributed by atoms with van der Waals surface area (Å²) in [5, 5.41) is 3.59. The summed E-state index contributed by atoms with van der Waals surface area (Å²) >= 11 is 0. The molecule has 19 heavy (non-hydrogen) atoms. The number of nitrogens with one attached hydrogen (secondary N) is 1. The Morgan fingerprint density at radius 1 is 1.37 bits per heavy atom. The maximum absolute atomic E-state index is 12.0. The molecule has 2 atom stereocenters. The molecule has 1 N–H and O–H groups in total. The van der Waals surface area contributed by atoms with Gasteiger partial charge in [0.15, 0.2) is 0 Å². The summed E-state index contributed by atoms with van der Waals surface area (Å²) in [4.78, 5) is 2.40. The van der Waals surface area contributed by atoms with Crippen LogP contribution in [0, 0.1) is 5.92 Å². The van der Waals surface area contributed by atoms with Crippen LogP contribution in [0.25, 0.3) is 0 Å². The zero-order valence-corrected chi connectivity index (χ0v) is 12.4. The van der Waals surface area contributed by atoms with Gasteiger partial charge in [0.05, 0.1) is 6.61 Å². The Bertz CT molecular complexity index is 239. The first-order valence-corrected chi connectivity index (χ1v) is 7.37. The van der Waals surface area contributed by atoms with Crippen LogP contribution in [-0.2, 0) is 4.74 Å². The summed E-state index contributed by atoms with van der Waals surface area (Å²) in [5.41, 5.74) is 0. The first-order chi connectivity index (χ1) is 9.04. The molecule has 2 unspecified atom stereocenters. The van der Waals surface area contributed by atoms with E-state index in [-0.39, 0.29) is 0 Å². The number of hydrogen-bond donors (Lipinski definition) is 1. The normalized spacial score (nSPS) is 25.4. The topological polar surface area (TPSA) is 24.5 Å². The highest BCUT2D eigenvalue weighted by Gasteiger charge is 2.28. The lowest BCUT2D eigenvalue weighted by molar-refractivity contribution is -0.00277. The number of hydrogen-bond acceptors (Lipinski definition) is 3. The van der Waals surface area contributed by atoms with Gasteiger partial charge in [-0.2, -0.15) is 0 Å². The van der Waals surface area contributed by atoms with Crippen LogP contribution in [0.3, 0.4) is 0 Å². The second kappa shape index (κ2) is 8.82. The van der Waals surface area contributed by atoms with Crippen molar-refractivity contribution in [3.63, 3.8) is 0 Å². The van der Waals surface area contributed by atoms with Gasteiger partial charge < -0.3 is 10.1 Å². The van der Waals surface area contributed by atoms with Crippen LogP contribution in [-0.4, -0.2) is 56.3 Å². The second-order valence-corrected chi connectivity index (χ2v) is 5.67. The molecule has 1 aliphatic heterocycles. The Kier molecular flexibility index (Phi) is 7.80. The number of ether oxygens (including phenoxy) is 1. The van der Waals surface area contributed by atoms with Gasteiger partial charge in [0.1, 0.15) is 6.61 Å². The Morgan fingerprint density at radius 2 is 2.11 bits per heavy atom. The summed E-state index contributed by atoms with van der Waals surface area (Å²) in [6.45, 7) is 9.28. The van der Waals surface area contributed by atoms with E-state index in [0.717, 1.165) is 19.6 Å². The van der Waals surface area contributed by atoms with Crippen LogP contribution in [0.1, 0.15) is 33.6 Å².